The zero-order valence-electron chi connectivity index (χ0n) is 6.43. The number of rotatable bonds is 1. The van der Waals surface area contributed by atoms with E-state index in [1.54, 1.807) is 18.3 Å². The van der Waals surface area contributed by atoms with Gasteiger partial charge in [0.15, 0.2) is 11.9 Å². The molecular formula is C8H9NO3. The number of aromatic nitrogens is 1. The Morgan fingerprint density at radius 3 is 3.42 bits per heavy atom. The minimum Gasteiger partial charge on any atom is -0.479 e. The van der Waals surface area contributed by atoms with E-state index in [4.69, 9.17) is 14.6 Å². The number of nitrogens with zero attached hydrogens (tertiary/aromatic N) is 1. The molecule has 1 aliphatic heterocycles. The average molecular weight is 167 g/mol. The first-order chi connectivity index (χ1) is 5.90. The van der Waals surface area contributed by atoms with Crippen LogP contribution in [0.2, 0.25) is 0 Å². The highest BCUT2D eigenvalue weighted by molar-refractivity contribution is 5.33. The molecule has 1 aromatic rings. The predicted octanol–water partition coefficient (Wildman–Crippen LogP) is 0.214. The SMILES string of the molecule is OCC1COc2ncccc2O1. The van der Waals surface area contributed by atoms with Gasteiger partial charge in [-0.05, 0) is 12.1 Å². The van der Waals surface area contributed by atoms with Crippen LogP contribution >= 0.6 is 0 Å². The molecule has 1 atom stereocenters. The molecule has 1 aromatic heterocycles. The van der Waals surface area contributed by atoms with Crippen LogP contribution in [-0.2, 0) is 0 Å². The first-order valence-corrected chi connectivity index (χ1v) is 3.75. The Morgan fingerprint density at radius 2 is 2.58 bits per heavy atom. The summed E-state index contributed by atoms with van der Waals surface area (Å²) in [6, 6.07) is 3.53. The summed E-state index contributed by atoms with van der Waals surface area (Å²) in [5.74, 6) is 1.10. The van der Waals surface area contributed by atoms with Gasteiger partial charge < -0.3 is 14.6 Å². The van der Waals surface area contributed by atoms with Gasteiger partial charge in [-0.2, -0.15) is 0 Å². The lowest BCUT2D eigenvalue weighted by Crippen LogP contribution is -2.32. The lowest BCUT2D eigenvalue weighted by Gasteiger charge is -2.23. The van der Waals surface area contributed by atoms with Gasteiger partial charge in [-0.25, -0.2) is 4.98 Å². The topological polar surface area (TPSA) is 51.6 Å². The zero-order chi connectivity index (χ0) is 8.39. The van der Waals surface area contributed by atoms with Crippen LogP contribution in [0.1, 0.15) is 0 Å². The molecule has 0 bridgehead atoms. The second-order valence-corrected chi connectivity index (χ2v) is 2.54. The van der Waals surface area contributed by atoms with Crippen molar-refractivity contribution in [3.05, 3.63) is 18.3 Å². The molecular weight excluding hydrogens is 158 g/mol. The maximum Gasteiger partial charge on any atom is 0.257 e. The summed E-state index contributed by atoms with van der Waals surface area (Å²) in [7, 11) is 0. The largest absolute Gasteiger partial charge is 0.479 e. The molecule has 2 heterocycles. The maximum absolute atomic E-state index is 8.79. The minimum atomic E-state index is -0.262. The molecule has 0 aromatic carbocycles. The maximum atomic E-state index is 8.79. The predicted molar refractivity (Wildman–Crippen MR) is 41.2 cm³/mol. The molecule has 64 valence electrons. The van der Waals surface area contributed by atoms with Crippen molar-refractivity contribution in [3.8, 4) is 11.6 Å². The second-order valence-electron chi connectivity index (χ2n) is 2.54. The first kappa shape index (κ1) is 7.36. The van der Waals surface area contributed by atoms with Crippen LogP contribution in [0.4, 0.5) is 0 Å². The quantitative estimate of drug-likeness (QED) is 0.649. The highest BCUT2D eigenvalue weighted by Crippen LogP contribution is 2.27. The van der Waals surface area contributed by atoms with Gasteiger partial charge in [0.2, 0.25) is 0 Å². The highest BCUT2D eigenvalue weighted by atomic mass is 16.6. The van der Waals surface area contributed by atoms with Crippen LogP contribution in [0.5, 0.6) is 11.6 Å². The second kappa shape index (κ2) is 2.98. The monoisotopic (exact) mass is 167 g/mol. The third kappa shape index (κ3) is 1.21. The summed E-state index contributed by atoms with van der Waals surface area (Å²) in [5.41, 5.74) is 0. The number of ether oxygens (including phenoxy) is 2. The van der Waals surface area contributed by atoms with E-state index in [0.29, 0.717) is 18.2 Å². The molecule has 0 amide bonds. The van der Waals surface area contributed by atoms with Crippen molar-refractivity contribution in [2.75, 3.05) is 13.2 Å². The van der Waals surface area contributed by atoms with Crippen molar-refractivity contribution in [2.24, 2.45) is 0 Å². The van der Waals surface area contributed by atoms with E-state index in [-0.39, 0.29) is 12.7 Å². The molecule has 1 N–H and O–H groups in total. The van der Waals surface area contributed by atoms with E-state index in [9.17, 15) is 0 Å². The Morgan fingerprint density at radius 1 is 1.67 bits per heavy atom. The van der Waals surface area contributed by atoms with Crippen molar-refractivity contribution >= 4 is 0 Å². The van der Waals surface area contributed by atoms with Gasteiger partial charge in [0, 0.05) is 6.20 Å². The summed E-state index contributed by atoms with van der Waals surface area (Å²) in [5, 5.41) is 8.79. The summed E-state index contributed by atoms with van der Waals surface area (Å²) in [6.07, 6.45) is 1.38. The normalized spacial score (nSPS) is 20.6. The molecule has 4 heteroatoms. The molecule has 0 radical (unpaired) electrons. The first-order valence-electron chi connectivity index (χ1n) is 3.75. The minimum absolute atomic E-state index is 0.0334. The standard InChI is InChI=1S/C8H9NO3/c10-4-6-5-11-8-7(12-6)2-1-3-9-8/h1-3,6,10H,4-5H2. The van der Waals surface area contributed by atoms with Crippen LogP contribution in [0.15, 0.2) is 18.3 Å². The lowest BCUT2D eigenvalue weighted by atomic mass is 10.3. The Balaban J connectivity index is 2.23. The van der Waals surface area contributed by atoms with Crippen LogP contribution < -0.4 is 9.47 Å². The molecule has 1 aliphatic rings. The fourth-order valence-electron chi connectivity index (χ4n) is 1.05. The number of aliphatic hydroxyl groups is 1. The molecule has 0 saturated heterocycles. The van der Waals surface area contributed by atoms with Crippen molar-refractivity contribution in [3.63, 3.8) is 0 Å². The molecule has 12 heavy (non-hydrogen) atoms. The number of hydrogen-bond acceptors (Lipinski definition) is 4. The van der Waals surface area contributed by atoms with E-state index < -0.39 is 0 Å². The third-order valence-corrected chi connectivity index (χ3v) is 1.64. The summed E-state index contributed by atoms with van der Waals surface area (Å²) < 4.78 is 10.6. The Kier molecular flexibility index (Phi) is 1.83. The van der Waals surface area contributed by atoms with E-state index >= 15 is 0 Å². The Bertz CT molecular complexity index is 277. The smallest absolute Gasteiger partial charge is 0.257 e. The molecule has 0 aliphatic carbocycles. The van der Waals surface area contributed by atoms with Crippen molar-refractivity contribution in [2.45, 2.75) is 6.10 Å². The van der Waals surface area contributed by atoms with Gasteiger partial charge >= 0.3 is 0 Å². The number of fused-ring (bicyclic) bond motifs is 1. The van der Waals surface area contributed by atoms with Crippen molar-refractivity contribution in [1.82, 2.24) is 4.98 Å². The number of pyridine rings is 1. The van der Waals surface area contributed by atoms with Crippen LogP contribution in [0, 0.1) is 0 Å². The Labute approximate surface area is 69.8 Å². The number of hydrogen-bond donors (Lipinski definition) is 1. The van der Waals surface area contributed by atoms with Gasteiger partial charge in [-0.3, -0.25) is 0 Å². The van der Waals surface area contributed by atoms with Gasteiger partial charge in [0.25, 0.3) is 5.88 Å². The molecule has 0 saturated carbocycles. The molecule has 0 spiro atoms. The van der Waals surface area contributed by atoms with Crippen molar-refractivity contribution < 1.29 is 14.6 Å². The molecule has 0 fully saturated rings. The van der Waals surface area contributed by atoms with Gasteiger partial charge in [-0.15, -0.1) is 0 Å². The summed E-state index contributed by atoms with van der Waals surface area (Å²) in [4.78, 5) is 3.96. The van der Waals surface area contributed by atoms with Gasteiger partial charge in [0.05, 0.1) is 6.61 Å². The van der Waals surface area contributed by atoms with E-state index in [2.05, 4.69) is 4.98 Å². The van der Waals surface area contributed by atoms with Crippen LogP contribution in [0.25, 0.3) is 0 Å². The summed E-state index contributed by atoms with van der Waals surface area (Å²) in [6.45, 7) is 0.328. The van der Waals surface area contributed by atoms with E-state index in [0.717, 1.165) is 0 Å². The average Bonchev–Trinajstić information content (AvgIpc) is 2.17. The fraction of sp³-hybridized carbons (Fsp3) is 0.375. The Hall–Kier alpha value is -1.29. The van der Waals surface area contributed by atoms with Gasteiger partial charge in [-0.1, -0.05) is 0 Å². The van der Waals surface area contributed by atoms with E-state index in [1.807, 2.05) is 0 Å². The molecule has 2 rings (SSSR count). The fourth-order valence-corrected chi connectivity index (χ4v) is 1.05. The third-order valence-electron chi connectivity index (χ3n) is 1.64. The van der Waals surface area contributed by atoms with Gasteiger partial charge in [0.1, 0.15) is 6.61 Å². The molecule has 4 nitrogen and oxygen atoms in total. The van der Waals surface area contributed by atoms with E-state index in [1.165, 1.54) is 0 Å². The number of aliphatic hydroxyl groups excluding tert-OH is 1. The van der Waals surface area contributed by atoms with Crippen LogP contribution in [0.3, 0.4) is 0 Å². The van der Waals surface area contributed by atoms with Crippen LogP contribution in [-0.4, -0.2) is 29.4 Å². The molecule has 1 unspecified atom stereocenters. The zero-order valence-corrected chi connectivity index (χ0v) is 6.43. The lowest BCUT2D eigenvalue weighted by molar-refractivity contribution is 0.0424. The highest BCUT2D eigenvalue weighted by Gasteiger charge is 2.20. The van der Waals surface area contributed by atoms with Crippen molar-refractivity contribution in [1.29, 1.82) is 0 Å². The summed E-state index contributed by atoms with van der Waals surface area (Å²) >= 11 is 0.